The summed E-state index contributed by atoms with van der Waals surface area (Å²) in [5.74, 6) is 0.804. The lowest BCUT2D eigenvalue weighted by Crippen LogP contribution is -2.34. The molecule has 0 aliphatic carbocycles. The molecule has 3 rings (SSSR count). The number of carbonyl (C=O) groups is 1. The number of pyridine rings is 1. The maximum absolute atomic E-state index is 13.0. The van der Waals surface area contributed by atoms with Gasteiger partial charge in [0.05, 0.1) is 21.3 Å². The average molecular weight is 460 g/mol. The summed E-state index contributed by atoms with van der Waals surface area (Å²) in [6.45, 7) is 7.23. The minimum Gasteiger partial charge on any atom is -0.484 e. The Balaban J connectivity index is 2.27. The van der Waals surface area contributed by atoms with Gasteiger partial charge >= 0.3 is 6.09 Å². The molecule has 1 aromatic carbocycles. The normalized spacial score (nSPS) is 16.3. The Kier molecular flexibility index (Phi) is 5.12. The van der Waals surface area contributed by atoms with E-state index in [1.54, 1.807) is 45.2 Å². The number of hydrogen-bond donors (Lipinski definition) is 0. The molecule has 0 radical (unpaired) electrons. The van der Waals surface area contributed by atoms with E-state index in [0.29, 0.717) is 37.3 Å². The molecule has 0 N–H and O–H groups in total. The van der Waals surface area contributed by atoms with Crippen LogP contribution in [0.25, 0.3) is 0 Å². The molecule has 1 aliphatic rings. The lowest BCUT2D eigenvalue weighted by Gasteiger charge is -2.27. The van der Waals surface area contributed by atoms with Crippen LogP contribution < -0.4 is 9.64 Å². The molecule has 1 atom stereocenters. The second-order valence-electron chi connectivity index (χ2n) is 6.84. The maximum Gasteiger partial charge on any atom is 0.420 e. The molecule has 1 amide bonds. The van der Waals surface area contributed by atoms with E-state index in [2.05, 4.69) is 20.9 Å². The number of anilines is 2. The van der Waals surface area contributed by atoms with E-state index in [9.17, 15) is 4.79 Å². The molecule has 0 fully saturated rings. The van der Waals surface area contributed by atoms with Crippen molar-refractivity contribution in [1.29, 1.82) is 0 Å². The summed E-state index contributed by atoms with van der Waals surface area (Å²) in [6.07, 6.45) is 0.526. The van der Waals surface area contributed by atoms with Crippen molar-refractivity contribution < 1.29 is 14.3 Å². The molecule has 1 unspecified atom stereocenters. The predicted octanol–water partition coefficient (Wildman–Crippen LogP) is 6.68. The zero-order valence-corrected chi connectivity index (χ0v) is 17.7. The first-order valence-electron chi connectivity index (χ1n) is 7.91. The van der Waals surface area contributed by atoms with E-state index in [1.807, 2.05) is 6.92 Å². The molecule has 0 spiro atoms. The van der Waals surface area contributed by atoms with E-state index >= 15 is 0 Å². The third kappa shape index (κ3) is 3.63. The van der Waals surface area contributed by atoms with Gasteiger partial charge in [0.2, 0.25) is 0 Å². The number of aromatic nitrogens is 1. The van der Waals surface area contributed by atoms with Crippen LogP contribution in [0.3, 0.4) is 0 Å². The molecular weight excluding hydrogens is 443 g/mol. The van der Waals surface area contributed by atoms with E-state index in [-0.39, 0.29) is 0 Å². The van der Waals surface area contributed by atoms with Crippen LogP contribution in [-0.4, -0.2) is 16.7 Å². The van der Waals surface area contributed by atoms with E-state index in [1.165, 1.54) is 4.90 Å². The summed E-state index contributed by atoms with van der Waals surface area (Å²) in [7, 11) is 0. The van der Waals surface area contributed by atoms with Crippen LogP contribution in [0.15, 0.2) is 28.9 Å². The van der Waals surface area contributed by atoms with Gasteiger partial charge in [0.25, 0.3) is 0 Å². The minimum absolute atomic E-state index is 0.368. The molecule has 8 heteroatoms. The van der Waals surface area contributed by atoms with Crippen molar-refractivity contribution in [1.82, 2.24) is 4.98 Å². The first-order valence-corrected chi connectivity index (χ1v) is 9.46. The number of ether oxygens (including phenoxy) is 2. The Bertz CT molecular complexity index is 883. The van der Waals surface area contributed by atoms with Crippen molar-refractivity contribution in [3.05, 3.63) is 44.5 Å². The average Bonchev–Trinajstić information content (AvgIpc) is 2.61. The van der Waals surface area contributed by atoms with Gasteiger partial charge in [0.1, 0.15) is 17.5 Å². The maximum atomic E-state index is 13.0. The molecule has 0 saturated carbocycles. The summed E-state index contributed by atoms with van der Waals surface area (Å²) in [5, 5.41) is 0.916. The first kappa shape index (κ1) is 19.3. The number of halogens is 3. The van der Waals surface area contributed by atoms with Gasteiger partial charge in [-0.15, -0.1) is 0 Å². The highest BCUT2D eigenvalue weighted by Crippen LogP contribution is 2.47. The molecule has 26 heavy (non-hydrogen) atoms. The van der Waals surface area contributed by atoms with Gasteiger partial charge < -0.3 is 9.47 Å². The Hall–Kier alpha value is -1.50. The summed E-state index contributed by atoms with van der Waals surface area (Å²) < 4.78 is 12.2. The fourth-order valence-electron chi connectivity index (χ4n) is 2.64. The highest BCUT2D eigenvalue weighted by molar-refractivity contribution is 9.10. The number of amides is 1. The number of fused-ring (bicyclic) bond motifs is 2. The van der Waals surface area contributed by atoms with Crippen molar-refractivity contribution in [3.63, 3.8) is 0 Å². The topological polar surface area (TPSA) is 51.7 Å². The van der Waals surface area contributed by atoms with Crippen LogP contribution in [0.5, 0.6) is 5.75 Å². The fourth-order valence-corrected chi connectivity index (χ4v) is 3.42. The summed E-state index contributed by atoms with van der Waals surface area (Å²) in [4.78, 5) is 18.8. The van der Waals surface area contributed by atoms with Gasteiger partial charge in [-0.25, -0.2) is 14.7 Å². The van der Waals surface area contributed by atoms with Crippen LogP contribution in [0.1, 0.15) is 39.4 Å². The number of rotatable bonds is 0. The standard InChI is InChI=1S/C18H17BrCl2N2O3/c1-9-15-11(20)5-6-22-16(15)23(17(24)26-18(2,3)4)13-7-10(19)12(21)8-14(13)25-9/h5-9H,1-4H3. The van der Waals surface area contributed by atoms with Gasteiger partial charge in [-0.2, -0.15) is 0 Å². The number of carbonyl (C=O) groups excluding carboxylic acids is 1. The molecule has 1 aromatic heterocycles. The lowest BCUT2D eigenvalue weighted by atomic mass is 10.1. The number of nitrogens with zero attached hydrogens (tertiary/aromatic N) is 2. The van der Waals surface area contributed by atoms with Crippen molar-refractivity contribution in [3.8, 4) is 5.75 Å². The predicted molar refractivity (Wildman–Crippen MR) is 106 cm³/mol. The molecule has 0 saturated heterocycles. The molecule has 5 nitrogen and oxygen atoms in total. The smallest absolute Gasteiger partial charge is 0.420 e. The van der Waals surface area contributed by atoms with E-state index in [0.717, 1.165) is 0 Å². The third-order valence-corrected chi connectivity index (χ3v) is 5.18. The Morgan fingerprint density at radius 3 is 2.65 bits per heavy atom. The zero-order chi connectivity index (χ0) is 19.2. The molecular formula is C18H17BrCl2N2O3. The van der Waals surface area contributed by atoms with Gasteiger partial charge in [-0.05, 0) is 55.8 Å². The minimum atomic E-state index is -0.682. The van der Waals surface area contributed by atoms with Crippen molar-refractivity contribution in [2.45, 2.75) is 39.4 Å². The fraction of sp³-hybridized carbons (Fsp3) is 0.333. The summed E-state index contributed by atoms with van der Waals surface area (Å²) in [6, 6.07) is 5.01. The van der Waals surface area contributed by atoms with E-state index < -0.39 is 17.8 Å². The van der Waals surface area contributed by atoms with Gasteiger partial charge in [0, 0.05) is 16.7 Å². The van der Waals surface area contributed by atoms with Crippen molar-refractivity contribution in [2.75, 3.05) is 4.90 Å². The Labute approximate surface area is 170 Å². The molecule has 1 aliphatic heterocycles. The van der Waals surface area contributed by atoms with Crippen LogP contribution in [0, 0.1) is 0 Å². The highest BCUT2D eigenvalue weighted by atomic mass is 79.9. The van der Waals surface area contributed by atoms with Crippen LogP contribution in [-0.2, 0) is 4.74 Å². The third-order valence-electron chi connectivity index (χ3n) is 3.66. The van der Waals surface area contributed by atoms with Gasteiger partial charge in [-0.3, -0.25) is 0 Å². The van der Waals surface area contributed by atoms with Gasteiger partial charge in [-0.1, -0.05) is 23.2 Å². The van der Waals surface area contributed by atoms with Crippen molar-refractivity contribution >= 4 is 56.7 Å². The highest BCUT2D eigenvalue weighted by Gasteiger charge is 2.35. The summed E-state index contributed by atoms with van der Waals surface area (Å²) in [5.41, 5.74) is 0.387. The van der Waals surface area contributed by atoms with Gasteiger partial charge in [0.15, 0.2) is 5.82 Å². The molecule has 2 heterocycles. The molecule has 0 bridgehead atoms. The monoisotopic (exact) mass is 458 g/mol. The van der Waals surface area contributed by atoms with Crippen LogP contribution in [0.2, 0.25) is 10.0 Å². The lowest BCUT2D eigenvalue weighted by molar-refractivity contribution is 0.0598. The van der Waals surface area contributed by atoms with E-state index in [4.69, 9.17) is 32.7 Å². The SMILES string of the molecule is CC1Oc2cc(Cl)c(Br)cc2N(C(=O)OC(C)(C)C)c2nccc(Cl)c21. The number of hydrogen-bond acceptors (Lipinski definition) is 4. The molecule has 138 valence electrons. The van der Waals surface area contributed by atoms with Crippen molar-refractivity contribution in [2.24, 2.45) is 0 Å². The van der Waals surface area contributed by atoms with Crippen LogP contribution in [0.4, 0.5) is 16.3 Å². The quantitative estimate of drug-likeness (QED) is 0.441. The Morgan fingerprint density at radius 1 is 1.31 bits per heavy atom. The Morgan fingerprint density at radius 2 is 2.00 bits per heavy atom. The van der Waals surface area contributed by atoms with Crippen LogP contribution >= 0.6 is 39.1 Å². The second-order valence-corrected chi connectivity index (χ2v) is 8.51. The summed E-state index contributed by atoms with van der Waals surface area (Å²) >= 11 is 16.0. The first-order chi connectivity index (χ1) is 12.1. The number of benzene rings is 1. The molecule has 2 aromatic rings. The second kappa shape index (κ2) is 6.91. The largest absolute Gasteiger partial charge is 0.484 e. The zero-order valence-electron chi connectivity index (χ0n) is 14.6.